The Balaban J connectivity index is 1.56. The zero-order chi connectivity index (χ0) is 40.7. The summed E-state index contributed by atoms with van der Waals surface area (Å²) in [6.07, 6.45) is 51.5. The van der Waals surface area contributed by atoms with E-state index in [-0.39, 0.29) is 0 Å². The highest BCUT2D eigenvalue weighted by Gasteiger charge is 2.05. The second-order valence-corrected chi connectivity index (χ2v) is 17.8. The summed E-state index contributed by atoms with van der Waals surface area (Å²) in [4.78, 5) is 10.1. The van der Waals surface area contributed by atoms with E-state index in [1.54, 1.807) is 0 Å². The molecule has 0 saturated carbocycles. The maximum absolute atomic E-state index is 5.10. The SMILES string of the molecule is CCCCCCCCCCCCCCCCCCCc1cccc(N=C(C)C(CC)=Nc2cccc(CCCCCCCCCCCCCCCCCCC)c2)c1. The molecule has 0 aromatic heterocycles. The maximum atomic E-state index is 5.10. The van der Waals surface area contributed by atoms with Gasteiger partial charge in [0.1, 0.15) is 0 Å². The Morgan fingerprint density at radius 2 is 0.632 bits per heavy atom. The standard InChI is InChI=1S/C55H94N2/c1-5-8-10-12-14-16-18-20-22-24-26-28-30-32-34-36-38-42-51-44-40-46-53(48-51)56-50(4)55(7-3)57-54-47-41-45-52(49-54)43-39-37-35-33-31-29-27-25-23-21-19-17-15-13-11-9-6-2/h40-41,44-49H,5-39,42-43H2,1-4H3. The zero-order valence-electron chi connectivity index (χ0n) is 38.7. The third-order valence-electron chi connectivity index (χ3n) is 12.3. The Hall–Kier alpha value is -2.22. The molecule has 2 aromatic carbocycles. The molecule has 0 fully saturated rings. The summed E-state index contributed by atoms with van der Waals surface area (Å²) >= 11 is 0. The van der Waals surface area contributed by atoms with E-state index in [4.69, 9.17) is 9.98 Å². The van der Waals surface area contributed by atoms with Gasteiger partial charge in [-0.1, -0.05) is 251 Å². The Bertz CT molecular complexity index is 1240. The van der Waals surface area contributed by atoms with E-state index in [2.05, 4.69) is 76.2 Å². The van der Waals surface area contributed by atoms with E-state index in [1.807, 2.05) is 0 Å². The molecule has 0 aliphatic rings. The molecule has 0 aliphatic carbocycles. The van der Waals surface area contributed by atoms with Crippen LogP contribution in [-0.4, -0.2) is 11.4 Å². The van der Waals surface area contributed by atoms with Crippen LogP contribution in [0.25, 0.3) is 0 Å². The maximum Gasteiger partial charge on any atom is 0.0636 e. The molecule has 2 aromatic rings. The van der Waals surface area contributed by atoms with Crippen molar-refractivity contribution >= 4 is 22.8 Å². The largest absolute Gasteiger partial charge is 0.252 e. The average molecular weight is 783 g/mol. The lowest BCUT2D eigenvalue weighted by Gasteiger charge is -2.08. The third kappa shape index (κ3) is 29.6. The van der Waals surface area contributed by atoms with Gasteiger partial charge >= 0.3 is 0 Å². The zero-order valence-corrected chi connectivity index (χ0v) is 38.7. The summed E-state index contributed by atoms with van der Waals surface area (Å²) in [5.74, 6) is 0. The molecule has 0 N–H and O–H groups in total. The third-order valence-corrected chi connectivity index (χ3v) is 12.3. The fourth-order valence-corrected chi connectivity index (χ4v) is 8.50. The molecule has 0 saturated heterocycles. The normalized spacial score (nSPS) is 12.2. The fraction of sp³-hybridized carbons (Fsp3) is 0.745. The molecule has 57 heavy (non-hydrogen) atoms. The van der Waals surface area contributed by atoms with E-state index in [1.165, 1.54) is 229 Å². The van der Waals surface area contributed by atoms with Crippen molar-refractivity contribution in [2.24, 2.45) is 9.98 Å². The first-order valence-corrected chi connectivity index (χ1v) is 25.5. The van der Waals surface area contributed by atoms with Crippen molar-refractivity contribution in [2.75, 3.05) is 0 Å². The number of nitrogens with zero attached hydrogens (tertiary/aromatic N) is 2. The molecule has 0 atom stereocenters. The van der Waals surface area contributed by atoms with E-state index >= 15 is 0 Å². The van der Waals surface area contributed by atoms with Crippen LogP contribution >= 0.6 is 0 Å². The van der Waals surface area contributed by atoms with Gasteiger partial charge in [0.2, 0.25) is 0 Å². The first-order valence-electron chi connectivity index (χ1n) is 25.5. The van der Waals surface area contributed by atoms with Crippen molar-refractivity contribution in [1.82, 2.24) is 0 Å². The van der Waals surface area contributed by atoms with Gasteiger partial charge < -0.3 is 0 Å². The van der Waals surface area contributed by atoms with Gasteiger partial charge in [-0.2, -0.15) is 0 Å². The predicted molar refractivity (Wildman–Crippen MR) is 259 cm³/mol. The fourth-order valence-electron chi connectivity index (χ4n) is 8.50. The number of benzene rings is 2. The first-order chi connectivity index (χ1) is 28.2. The molecule has 2 rings (SSSR count). The van der Waals surface area contributed by atoms with Crippen molar-refractivity contribution in [3.63, 3.8) is 0 Å². The van der Waals surface area contributed by atoms with Crippen LogP contribution in [0, 0.1) is 0 Å². The summed E-state index contributed by atoms with van der Waals surface area (Å²) in [7, 11) is 0. The number of rotatable bonds is 40. The van der Waals surface area contributed by atoms with Crippen molar-refractivity contribution < 1.29 is 0 Å². The van der Waals surface area contributed by atoms with Crippen molar-refractivity contribution in [3.05, 3.63) is 59.7 Å². The van der Waals surface area contributed by atoms with Crippen LogP contribution in [-0.2, 0) is 12.8 Å². The molecule has 0 unspecified atom stereocenters. The van der Waals surface area contributed by atoms with Crippen LogP contribution in [0.2, 0.25) is 0 Å². The van der Waals surface area contributed by atoms with Crippen molar-refractivity contribution in [1.29, 1.82) is 0 Å². The quantitative estimate of drug-likeness (QED) is 0.0475. The second kappa shape index (κ2) is 38.0. The average Bonchev–Trinajstić information content (AvgIpc) is 3.22. The van der Waals surface area contributed by atoms with Crippen molar-refractivity contribution in [2.45, 2.75) is 265 Å². The molecule has 0 spiro atoms. The second-order valence-electron chi connectivity index (χ2n) is 17.8. The summed E-state index contributed by atoms with van der Waals surface area (Å²) in [6.45, 7) is 8.94. The van der Waals surface area contributed by atoms with Crippen LogP contribution in [0.5, 0.6) is 0 Å². The van der Waals surface area contributed by atoms with Gasteiger partial charge in [-0.15, -0.1) is 0 Å². The Kier molecular flexibility index (Phi) is 34.0. The molecule has 2 nitrogen and oxygen atoms in total. The molecule has 0 heterocycles. The van der Waals surface area contributed by atoms with Crippen LogP contribution in [0.3, 0.4) is 0 Å². The highest BCUT2D eigenvalue weighted by molar-refractivity contribution is 6.42. The van der Waals surface area contributed by atoms with Crippen LogP contribution in [0.1, 0.15) is 264 Å². The Morgan fingerprint density at radius 3 is 0.930 bits per heavy atom. The van der Waals surface area contributed by atoms with Gasteiger partial charge in [0.05, 0.1) is 22.8 Å². The van der Waals surface area contributed by atoms with Crippen LogP contribution < -0.4 is 0 Å². The van der Waals surface area contributed by atoms with Crippen LogP contribution in [0.4, 0.5) is 11.4 Å². The monoisotopic (exact) mass is 783 g/mol. The highest BCUT2D eigenvalue weighted by atomic mass is 14.8. The predicted octanol–water partition coefficient (Wildman–Crippen LogP) is 19.3. The molecular formula is C55H94N2. The van der Waals surface area contributed by atoms with Crippen molar-refractivity contribution in [3.8, 4) is 0 Å². The number of aryl methyl sites for hydroxylation is 2. The number of hydrogen-bond donors (Lipinski definition) is 0. The molecule has 324 valence electrons. The summed E-state index contributed by atoms with van der Waals surface area (Å²) < 4.78 is 0. The summed E-state index contributed by atoms with van der Waals surface area (Å²) in [6, 6.07) is 17.8. The number of hydrogen-bond acceptors (Lipinski definition) is 2. The van der Waals surface area contributed by atoms with Gasteiger partial charge in [0.25, 0.3) is 0 Å². The summed E-state index contributed by atoms with van der Waals surface area (Å²) in [5, 5.41) is 0. The van der Waals surface area contributed by atoms with E-state index in [0.717, 1.165) is 42.1 Å². The highest BCUT2D eigenvalue weighted by Crippen LogP contribution is 2.22. The minimum atomic E-state index is 0.887. The number of unbranched alkanes of at least 4 members (excludes halogenated alkanes) is 32. The number of aliphatic imine (C=N–C) groups is 2. The van der Waals surface area contributed by atoms with Crippen LogP contribution in [0.15, 0.2) is 58.5 Å². The minimum Gasteiger partial charge on any atom is -0.252 e. The van der Waals surface area contributed by atoms with E-state index in [0.29, 0.717) is 0 Å². The van der Waals surface area contributed by atoms with Gasteiger partial charge in [0, 0.05) is 0 Å². The Morgan fingerprint density at radius 1 is 0.351 bits per heavy atom. The summed E-state index contributed by atoms with van der Waals surface area (Å²) in [5.41, 5.74) is 7.08. The van der Waals surface area contributed by atoms with Gasteiger partial charge in [-0.25, -0.2) is 0 Å². The lowest BCUT2D eigenvalue weighted by molar-refractivity contribution is 0.527. The lowest BCUT2D eigenvalue weighted by Crippen LogP contribution is -2.08. The van der Waals surface area contributed by atoms with E-state index in [9.17, 15) is 0 Å². The van der Waals surface area contributed by atoms with Gasteiger partial charge in [-0.3, -0.25) is 9.98 Å². The van der Waals surface area contributed by atoms with Gasteiger partial charge in [0.15, 0.2) is 0 Å². The molecule has 0 aliphatic heterocycles. The molecular weight excluding hydrogens is 689 g/mol. The first kappa shape index (κ1) is 50.9. The van der Waals surface area contributed by atoms with E-state index < -0.39 is 0 Å². The lowest BCUT2D eigenvalue weighted by atomic mass is 10.0. The smallest absolute Gasteiger partial charge is 0.0636 e. The van der Waals surface area contributed by atoms with Gasteiger partial charge in [-0.05, 0) is 74.4 Å². The Labute approximate surface area is 356 Å². The topological polar surface area (TPSA) is 24.7 Å². The molecule has 0 amide bonds. The minimum absolute atomic E-state index is 0.887. The molecule has 0 radical (unpaired) electrons. The molecule has 0 bridgehead atoms. The molecule has 2 heteroatoms.